The number of carbonyl (C=O) groups excluding carboxylic acids is 2. The van der Waals surface area contributed by atoms with Crippen molar-refractivity contribution < 1.29 is 9.59 Å². The van der Waals surface area contributed by atoms with Gasteiger partial charge in [-0.25, -0.2) is 13.9 Å². The second kappa shape index (κ2) is 10.8. The molecule has 10 nitrogen and oxygen atoms in total. The molecule has 4 rings (SSSR count). The van der Waals surface area contributed by atoms with Crippen LogP contribution in [0.4, 0.5) is 5.69 Å². The van der Waals surface area contributed by atoms with Crippen LogP contribution in [-0.4, -0.2) is 36.6 Å². The molecular formula is C27H32N6O4. The minimum atomic E-state index is -0.569. The molecule has 10 heteroatoms. The third kappa shape index (κ3) is 5.47. The first-order chi connectivity index (χ1) is 17.7. The Morgan fingerprint density at radius 1 is 1.03 bits per heavy atom. The van der Waals surface area contributed by atoms with Crippen LogP contribution in [0.15, 0.2) is 58.1 Å². The maximum Gasteiger partial charge on any atom is 0.352 e. The summed E-state index contributed by atoms with van der Waals surface area (Å²) in [6, 6.07) is 13.6. The zero-order valence-electron chi connectivity index (χ0n) is 21.5. The summed E-state index contributed by atoms with van der Waals surface area (Å²) in [5, 5.41) is 10.3. The third-order valence-corrected chi connectivity index (χ3v) is 6.31. The second-order valence-corrected chi connectivity index (χ2v) is 9.64. The van der Waals surface area contributed by atoms with E-state index in [4.69, 9.17) is 0 Å². The molecule has 0 radical (unpaired) electrons. The summed E-state index contributed by atoms with van der Waals surface area (Å²) in [5.41, 5.74) is 0.330. The Kier molecular flexibility index (Phi) is 7.56. The molecule has 2 aromatic heterocycles. The Bertz CT molecular complexity index is 1570. The quantitative estimate of drug-likeness (QED) is 0.363. The molecule has 0 bridgehead atoms. The standard InChI is InChI=1S/C27H32N6O4/c1-5-18(4)28-24(35)19-11-12-21-22(15-19)33-26(31(25(21)36)14-13-17(2)3)30-32(27(33)37)16-23(34)29-20-9-7-6-8-10-20/h6-12,15,17-18H,5,13-14,16H2,1-4H3,(H,28,35)(H,29,34)/t18-/m1/s1. The predicted molar refractivity (Wildman–Crippen MR) is 143 cm³/mol. The Balaban J connectivity index is 1.84. The summed E-state index contributed by atoms with van der Waals surface area (Å²) in [7, 11) is 0. The van der Waals surface area contributed by atoms with Crippen molar-refractivity contribution in [3.05, 3.63) is 74.9 Å². The third-order valence-electron chi connectivity index (χ3n) is 6.31. The molecule has 2 amide bonds. The first-order valence-electron chi connectivity index (χ1n) is 12.5. The number of hydrogen-bond donors (Lipinski definition) is 2. The summed E-state index contributed by atoms with van der Waals surface area (Å²) in [6.45, 7) is 7.99. The minimum Gasteiger partial charge on any atom is -0.350 e. The lowest BCUT2D eigenvalue weighted by molar-refractivity contribution is -0.117. The Morgan fingerprint density at radius 2 is 1.76 bits per heavy atom. The van der Waals surface area contributed by atoms with Gasteiger partial charge in [0.25, 0.3) is 11.5 Å². The number of nitrogens with one attached hydrogen (secondary N) is 2. The van der Waals surface area contributed by atoms with Gasteiger partial charge in [-0.1, -0.05) is 39.0 Å². The topological polar surface area (TPSA) is 120 Å². The molecule has 194 valence electrons. The van der Waals surface area contributed by atoms with Crippen molar-refractivity contribution in [2.24, 2.45) is 5.92 Å². The number of para-hydroxylation sites is 1. The molecule has 0 saturated heterocycles. The molecule has 2 N–H and O–H groups in total. The lowest BCUT2D eigenvalue weighted by Gasteiger charge is -2.13. The van der Waals surface area contributed by atoms with Crippen LogP contribution in [0.1, 0.15) is 50.9 Å². The number of aromatic nitrogens is 4. The summed E-state index contributed by atoms with van der Waals surface area (Å²) in [4.78, 5) is 52.4. The Hall–Kier alpha value is -4.21. The number of amides is 2. The average molecular weight is 505 g/mol. The van der Waals surface area contributed by atoms with Crippen LogP contribution in [0.5, 0.6) is 0 Å². The number of benzene rings is 2. The fourth-order valence-corrected chi connectivity index (χ4v) is 4.02. The molecule has 4 aromatic rings. The van der Waals surface area contributed by atoms with Gasteiger partial charge in [-0.15, -0.1) is 5.10 Å². The molecule has 0 fully saturated rings. The van der Waals surface area contributed by atoms with E-state index in [1.165, 1.54) is 15.0 Å². The summed E-state index contributed by atoms with van der Waals surface area (Å²) >= 11 is 0. The Labute approximate surface area is 213 Å². The molecule has 0 spiro atoms. The predicted octanol–water partition coefficient (Wildman–Crippen LogP) is 3.02. The van der Waals surface area contributed by atoms with Gasteiger partial charge in [0.05, 0.1) is 10.9 Å². The number of anilines is 1. The van der Waals surface area contributed by atoms with E-state index in [1.54, 1.807) is 36.4 Å². The van der Waals surface area contributed by atoms with Crippen molar-refractivity contribution in [3.8, 4) is 0 Å². The van der Waals surface area contributed by atoms with Crippen LogP contribution < -0.4 is 21.9 Å². The van der Waals surface area contributed by atoms with E-state index in [9.17, 15) is 19.2 Å². The van der Waals surface area contributed by atoms with Crippen molar-refractivity contribution in [3.63, 3.8) is 0 Å². The Morgan fingerprint density at radius 3 is 2.43 bits per heavy atom. The molecular weight excluding hydrogens is 472 g/mol. The van der Waals surface area contributed by atoms with Gasteiger partial charge in [0.2, 0.25) is 11.7 Å². The maximum atomic E-state index is 13.5. The zero-order valence-corrected chi connectivity index (χ0v) is 21.5. The van der Waals surface area contributed by atoms with Gasteiger partial charge in [-0.2, -0.15) is 0 Å². The lowest BCUT2D eigenvalue weighted by Crippen LogP contribution is -2.32. The maximum absolute atomic E-state index is 13.5. The molecule has 0 aliphatic carbocycles. The van der Waals surface area contributed by atoms with Gasteiger partial charge in [0, 0.05) is 23.8 Å². The fourth-order valence-electron chi connectivity index (χ4n) is 4.02. The van der Waals surface area contributed by atoms with Crippen molar-refractivity contribution in [2.75, 3.05) is 5.32 Å². The number of aryl methyl sites for hydroxylation is 1. The van der Waals surface area contributed by atoms with E-state index in [-0.39, 0.29) is 35.3 Å². The van der Waals surface area contributed by atoms with Crippen molar-refractivity contribution in [1.82, 2.24) is 24.1 Å². The summed E-state index contributed by atoms with van der Waals surface area (Å²) in [5.74, 6) is -0.267. The van der Waals surface area contributed by atoms with Crippen molar-refractivity contribution in [2.45, 2.75) is 59.7 Å². The van der Waals surface area contributed by atoms with Gasteiger partial charge in [0.15, 0.2) is 0 Å². The lowest BCUT2D eigenvalue weighted by atomic mass is 10.1. The van der Waals surface area contributed by atoms with Crippen LogP contribution in [0.3, 0.4) is 0 Å². The number of hydrogen-bond acceptors (Lipinski definition) is 5. The van der Waals surface area contributed by atoms with E-state index in [0.717, 1.165) is 11.1 Å². The van der Waals surface area contributed by atoms with Gasteiger partial charge < -0.3 is 10.6 Å². The highest BCUT2D eigenvalue weighted by Crippen LogP contribution is 2.16. The molecule has 0 aliphatic heterocycles. The summed E-state index contributed by atoms with van der Waals surface area (Å²) < 4.78 is 3.82. The van der Waals surface area contributed by atoms with Crippen LogP contribution in [0.2, 0.25) is 0 Å². The fraction of sp³-hybridized carbons (Fsp3) is 0.370. The molecule has 0 saturated carbocycles. The monoisotopic (exact) mass is 504 g/mol. The molecule has 2 heterocycles. The molecule has 0 unspecified atom stereocenters. The normalized spacial score (nSPS) is 12.2. The molecule has 2 aromatic carbocycles. The van der Waals surface area contributed by atoms with E-state index < -0.39 is 11.6 Å². The number of carbonyl (C=O) groups is 2. The number of rotatable bonds is 9. The van der Waals surface area contributed by atoms with Crippen molar-refractivity contribution in [1.29, 1.82) is 0 Å². The van der Waals surface area contributed by atoms with Crippen LogP contribution in [0.25, 0.3) is 16.7 Å². The van der Waals surface area contributed by atoms with Gasteiger partial charge >= 0.3 is 5.69 Å². The molecule has 1 atom stereocenters. The van der Waals surface area contributed by atoms with E-state index >= 15 is 0 Å². The van der Waals surface area contributed by atoms with Gasteiger partial charge in [-0.05, 0) is 56.0 Å². The van der Waals surface area contributed by atoms with E-state index in [1.807, 2.05) is 33.8 Å². The van der Waals surface area contributed by atoms with E-state index in [2.05, 4.69) is 15.7 Å². The van der Waals surface area contributed by atoms with E-state index in [0.29, 0.717) is 35.5 Å². The number of fused-ring (bicyclic) bond motifs is 3. The summed E-state index contributed by atoms with van der Waals surface area (Å²) in [6.07, 6.45) is 1.47. The highest BCUT2D eigenvalue weighted by Gasteiger charge is 2.20. The van der Waals surface area contributed by atoms with Gasteiger partial charge in [-0.3, -0.25) is 19.0 Å². The molecule has 0 aliphatic rings. The zero-order chi connectivity index (χ0) is 26.7. The van der Waals surface area contributed by atoms with Crippen LogP contribution >= 0.6 is 0 Å². The van der Waals surface area contributed by atoms with Crippen LogP contribution in [-0.2, 0) is 17.9 Å². The first-order valence-corrected chi connectivity index (χ1v) is 12.5. The number of nitrogens with zero attached hydrogens (tertiary/aromatic N) is 4. The van der Waals surface area contributed by atoms with Gasteiger partial charge in [0.1, 0.15) is 6.54 Å². The highest BCUT2D eigenvalue weighted by atomic mass is 16.2. The van der Waals surface area contributed by atoms with Crippen molar-refractivity contribution >= 4 is 34.2 Å². The highest BCUT2D eigenvalue weighted by molar-refractivity contribution is 5.98. The van der Waals surface area contributed by atoms with Crippen LogP contribution in [0, 0.1) is 5.92 Å². The average Bonchev–Trinajstić information content (AvgIpc) is 3.19. The smallest absolute Gasteiger partial charge is 0.350 e. The SMILES string of the molecule is CC[C@@H](C)NC(=O)c1ccc2c(=O)n(CCC(C)C)c3nn(CC(=O)Nc4ccccc4)c(=O)n3c2c1. The molecule has 37 heavy (non-hydrogen) atoms. The second-order valence-electron chi connectivity index (χ2n) is 9.64. The first kappa shape index (κ1) is 25.9. The largest absolute Gasteiger partial charge is 0.352 e. The minimum absolute atomic E-state index is 0.0270.